The van der Waals surface area contributed by atoms with Crippen LogP contribution in [0.5, 0.6) is 0 Å². The van der Waals surface area contributed by atoms with Gasteiger partial charge >= 0.3 is 6.03 Å². The van der Waals surface area contributed by atoms with Gasteiger partial charge in [-0.25, -0.2) is 18.2 Å². The molecule has 0 atom stereocenters. The lowest BCUT2D eigenvalue weighted by Crippen LogP contribution is -2.53. The molecule has 1 N–H and O–H groups in total. The van der Waals surface area contributed by atoms with Crippen LogP contribution in [0.4, 0.5) is 4.79 Å². The average Bonchev–Trinajstić information content (AvgIpc) is 3.54. The van der Waals surface area contributed by atoms with Crippen LogP contribution in [0.2, 0.25) is 0 Å². The summed E-state index contributed by atoms with van der Waals surface area (Å²) in [7, 11) is -3.57. The summed E-state index contributed by atoms with van der Waals surface area (Å²) in [6.45, 7) is 1.49. The number of carbonyl (C=O) groups excluding carboxylic acids is 1. The highest BCUT2D eigenvalue weighted by atomic mass is 32.2. The molecule has 0 saturated carbocycles. The molecule has 2 amide bonds. The number of urea groups is 1. The van der Waals surface area contributed by atoms with Crippen molar-refractivity contribution in [3.63, 3.8) is 0 Å². The molecule has 1 fully saturated rings. The first kappa shape index (κ1) is 22.1. The predicted octanol–water partition coefficient (Wildman–Crippen LogP) is 3.50. The number of aryl methyl sites for hydroxylation is 2. The van der Waals surface area contributed by atoms with Gasteiger partial charge in [-0.15, -0.1) is 11.3 Å². The van der Waals surface area contributed by atoms with Gasteiger partial charge in [-0.1, -0.05) is 12.1 Å². The Morgan fingerprint density at radius 3 is 2.64 bits per heavy atom. The van der Waals surface area contributed by atoms with Crippen LogP contribution in [0.1, 0.15) is 29.7 Å². The largest absolute Gasteiger partial charge is 0.443 e. The molecule has 10 heteroatoms. The van der Waals surface area contributed by atoms with Gasteiger partial charge < -0.3 is 14.6 Å². The van der Waals surface area contributed by atoms with Crippen LogP contribution in [0.15, 0.2) is 51.3 Å². The van der Waals surface area contributed by atoms with Crippen molar-refractivity contribution in [1.29, 1.82) is 0 Å². The Balaban J connectivity index is 1.15. The standard InChI is InChI=1S/C23H26N4O4S2/c28-23(24-15-19-16-31-22(25-19)21-6-3-13-32-21)26-9-11-27(12-10-26)33(29,30)20-8-7-17-4-1-2-5-18(17)14-20/h3,6-8,13-14,16H,1-2,4-5,9-12,15H2,(H,24,28). The first-order valence-electron chi connectivity index (χ1n) is 11.1. The number of piperazine rings is 1. The number of rotatable bonds is 5. The topological polar surface area (TPSA) is 95.8 Å². The number of hydrogen-bond donors (Lipinski definition) is 1. The number of carbonyl (C=O) groups is 1. The number of aromatic nitrogens is 1. The quantitative estimate of drug-likeness (QED) is 0.596. The van der Waals surface area contributed by atoms with Gasteiger partial charge in [0, 0.05) is 26.2 Å². The van der Waals surface area contributed by atoms with Gasteiger partial charge in [0.05, 0.1) is 22.0 Å². The third-order valence-electron chi connectivity index (χ3n) is 6.19. The minimum absolute atomic E-state index is 0.235. The second-order valence-corrected chi connectivity index (χ2v) is 11.2. The van der Waals surface area contributed by atoms with E-state index in [-0.39, 0.29) is 25.7 Å². The molecule has 0 radical (unpaired) electrons. The second kappa shape index (κ2) is 9.28. The van der Waals surface area contributed by atoms with Crippen molar-refractivity contribution in [2.75, 3.05) is 26.2 Å². The Bertz CT molecular complexity index is 1230. The maximum Gasteiger partial charge on any atom is 0.317 e. The SMILES string of the molecule is O=C(NCc1coc(-c2cccs2)n1)N1CCN(S(=O)(=O)c2ccc3c(c2)CCCC3)CC1. The smallest absolute Gasteiger partial charge is 0.317 e. The minimum atomic E-state index is -3.57. The maximum atomic E-state index is 13.1. The molecule has 1 aromatic carbocycles. The molecule has 1 saturated heterocycles. The summed E-state index contributed by atoms with van der Waals surface area (Å²) < 4.78 is 33.3. The van der Waals surface area contributed by atoms with Gasteiger partial charge in [0.15, 0.2) is 0 Å². The summed E-state index contributed by atoms with van der Waals surface area (Å²) in [5.74, 6) is 0.537. The Morgan fingerprint density at radius 1 is 1.09 bits per heavy atom. The van der Waals surface area contributed by atoms with Crippen LogP contribution in [0.25, 0.3) is 10.8 Å². The van der Waals surface area contributed by atoms with E-state index in [1.54, 1.807) is 17.2 Å². The summed E-state index contributed by atoms with van der Waals surface area (Å²) in [4.78, 5) is 19.9. The van der Waals surface area contributed by atoms with E-state index in [0.29, 0.717) is 29.6 Å². The monoisotopic (exact) mass is 486 g/mol. The summed E-state index contributed by atoms with van der Waals surface area (Å²) in [5.41, 5.74) is 3.05. The summed E-state index contributed by atoms with van der Waals surface area (Å²) in [5, 5.41) is 4.80. The Kier molecular flexibility index (Phi) is 6.22. The van der Waals surface area contributed by atoms with Crippen molar-refractivity contribution in [2.24, 2.45) is 0 Å². The van der Waals surface area contributed by atoms with Crippen LogP contribution in [-0.2, 0) is 29.4 Å². The Morgan fingerprint density at radius 2 is 1.88 bits per heavy atom. The minimum Gasteiger partial charge on any atom is -0.443 e. The molecule has 0 bridgehead atoms. The molecule has 2 aliphatic rings. The lowest BCUT2D eigenvalue weighted by molar-refractivity contribution is 0.172. The van der Waals surface area contributed by atoms with E-state index in [4.69, 9.17) is 4.42 Å². The Labute approximate surface area is 197 Å². The third-order valence-corrected chi connectivity index (χ3v) is 8.94. The number of amides is 2. The average molecular weight is 487 g/mol. The first-order chi connectivity index (χ1) is 16.0. The van der Waals surface area contributed by atoms with Crippen molar-refractivity contribution >= 4 is 27.4 Å². The highest BCUT2D eigenvalue weighted by molar-refractivity contribution is 7.89. The number of nitrogens with one attached hydrogen (secondary N) is 1. The number of hydrogen-bond acceptors (Lipinski definition) is 6. The fourth-order valence-corrected chi connectivity index (χ4v) is 6.46. The number of oxazole rings is 1. The lowest BCUT2D eigenvalue weighted by atomic mass is 9.92. The fourth-order valence-electron chi connectivity index (χ4n) is 4.33. The first-order valence-corrected chi connectivity index (χ1v) is 13.5. The van der Waals surface area contributed by atoms with Crippen LogP contribution in [-0.4, -0.2) is 54.8 Å². The van der Waals surface area contributed by atoms with E-state index in [0.717, 1.165) is 36.1 Å². The van der Waals surface area contributed by atoms with Crippen molar-refractivity contribution in [3.8, 4) is 10.8 Å². The number of fused-ring (bicyclic) bond motifs is 1. The second-order valence-electron chi connectivity index (χ2n) is 8.31. The highest BCUT2D eigenvalue weighted by Gasteiger charge is 2.30. The summed E-state index contributed by atoms with van der Waals surface area (Å²) >= 11 is 1.54. The molecule has 1 aliphatic heterocycles. The molecular formula is C23H26N4O4S2. The molecule has 0 spiro atoms. The molecule has 0 unspecified atom stereocenters. The van der Waals surface area contributed by atoms with E-state index in [1.807, 2.05) is 29.6 Å². The van der Waals surface area contributed by atoms with Crippen LogP contribution in [0, 0.1) is 0 Å². The zero-order chi connectivity index (χ0) is 22.8. The number of thiophene rings is 1. The molecular weight excluding hydrogens is 460 g/mol. The fraction of sp³-hybridized carbons (Fsp3) is 0.391. The molecule has 3 aromatic rings. The third kappa shape index (κ3) is 4.68. The number of sulfonamides is 1. The highest BCUT2D eigenvalue weighted by Crippen LogP contribution is 2.26. The van der Waals surface area contributed by atoms with E-state index in [1.165, 1.54) is 21.2 Å². The van der Waals surface area contributed by atoms with Crippen LogP contribution in [0.3, 0.4) is 0 Å². The summed E-state index contributed by atoms with van der Waals surface area (Å²) in [6, 6.07) is 9.14. The van der Waals surface area contributed by atoms with E-state index >= 15 is 0 Å². The van der Waals surface area contributed by atoms with E-state index in [2.05, 4.69) is 10.3 Å². The van der Waals surface area contributed by atoms with Crippen molar-refractivity contribution < 1.29 is 17.6 Å². The number of benzene rings is 1. The van der Waals surface area contributed by atoms with Gasteiger partial charge in [-0.2, -0.15) is 4.31 Å². The molecule has 174 valence electrons. The normalized spacial score (nSPS) is 17.0. The van der Waals surface area contributed by atoms with Gasteiger partial charge in [-0.3, -0.25) is 0 Å². The van der Waals surface area contributed by atoms with Crippen LogP contribution >= 0.6 is 11.3 Å². The molecule has 1 aliphatic carbocycles. The van der Waals surface area contributed by atoms with Crippen LogP contribution < -0.4 is 5.32 Å². The molecule has 5 rings (SSSR count). The van der Waals surface area contributed by atoms with Crippen molar-refractivity contribution in [2.45, 2.75) is 37.1 Å². The molecule has 2 aromatic heterocycles. The van der Waals surface area contributed by atoms with E-state index in [9.17, 15) is 13.2 Å². The van der Waals surface area contributed by atoms with E-state index < -0.39 is 10.0 Å². The maximum absolute atomic E-state index is 13.1. The Hall–Kier alpha value is -2.69. The van der Waals surface area contributed by atoms with Crippen molar-refractivity contribution in [1.82, 2.24) is 19.5 Å². The van der Waals surface area contributed by atoms with Gasteiger partial charge in [0.2, 0.25) is 15.9 Å². The number of nitrogens with zero attached hydrogens (tertiary/aromatic N) is 3. The van der Waals surface area contributed by atoms with Gasteiger partial charge in [-0.05, 0) is 60.4 Å². The summed E-state index contributed by atoms with van der Waals surface area (Å²) in [6.07, 6.45) is 5.77. The van der Waals surface area contributed by atoms with Gasteiger partial charge in [0.1, 0.15) is 6.26 Å². The molecule has 33 heavy (non-hydrogen) atoms. The molecule has 8 nitrogen and oxygen atoms in total. The molecule has 3 heterocycles. The predicted molar refractivity (Wildman–Crippen MR) is 125 cm³/mol. The van der Waals surface area contributed by atoms with Gasteiger partial charge in [0.25, 0.3) is 0 Å². The van der Waals surface area contributed by atoms with Crippen molar-refractivity contribution in [3.05, 3.63) is 58.8 Å². The lowest BCUT2D eigenvalue weighted by Gasteiger charge is -2.34. The zero-order valence-corrected chi connectivity index (χ0v) is 19.8. The zero-order valence-electron chi connectivity index (χ0n) is 18.2.